The number of hydrogen-bond acceptors (Lipinski definition) is 5. The van der Waals surface area contributed by atoms with Crippen LogP contribution in [0, 0.1) is 0 Å². The number of ether oxygens (including phenoxy) is 2. The minimum absolute atomic E-state index is 0.0332. The van der Waals surface area contributed by atoms with E-state index in [1.54, 1.807) is 24.3 Å². The number of para-hydroxylation sites is 2. The predicted octanol–water partition coefficient (Wildman–Crippen LogP) is 2.83. The van der Waals surface area contributed by atoms with Gasteiger partial charge in [0.05, 0.1) is 11.1 Å². The number of carbonyl (C=O) groups excluding carboxylic acids is 2. The fourth-order valence-electron chi connectivity index (χ4n) is 3.71. The molecule has 146 valence electrons. The van der Waals surface area contributed by atoms with Crippen LogP contribution in [0.1, 0.15) is 34.1 Å². The number of likely N-dealkylation sites (N-methyl/N-ethyl adjacent to an activating group) is 1. The smallest absolute Gasteiger partial charge is 0.261 e. The Morgan fingerprint density at radius 1 is 1.00 bits per heavy atom. The number of carbonyl (C=O) groups is 2. The SMILES string of the molecule is CCN(CCCN1C(=O)c2ccccc2C1=O)CC1COc2ccccc2O1. The molecule has 0 N–H and O–H groups in total. The molecule has 2 amide bonds. The van der Waals surface area contributed by atoms with Crippen molar-refractivity contribution in [2.45, 2.75) is 19.4 Å². The van der Waals surface area contributed by atoms with E-state index in [1.165, 1.54) is 4.90 Å². The maximum atomic E-state index is 12.4. The second-order valence-electron chi connectivity index (χ2n) is 7.05. The summed E-state index contributed by atoms with van der Waals surface area (Å²) in [5.74, 6) is 1.18. The third kappa shape index (κ3) is 3.60. The number of nitrogens with zero attached hydrogens (tertiary/aromatic N) is 2. The minimum atomic E-state index is -0.190. The molecule has 0 aromatic heterocycles. The fourth-order valence-corrected chi connectivity index (χ4v) is 3.71. The summed E-state index contributed by atoms with van der Waals surface area (Å²) in [5.41, 5.74) is 1.01. The van der Waals surface area contributed by atoms with E-state index < -0.39 is 0 Å². The summed E-state index contributed by atoms with van der Waals surface area (Å²) in [5, 5.41) is 0. The van der Waals surface area contributed by atoms with Gasteiger partial charge in [0.25, 0.3) is 11.8 Å². The van der Waals surface area contributed by atoms with Crippen LogP contribution in [0.25, 0.3) is 0 Å². The Hall–Kier alpha value is -2.86. The van der Waals surface area contributed by atoms with E-state index in [0.717, 1.165) is 37.6 Å². The highest BCUT2D eigenvalue weighted by molar-refractivity contribution is 6.21. The molecule has 1 unspecified atom stereocenters. The van der Waals surface area contributed by atoms with Crippen molar-refractivity contribution in [3.05, 3.63) is 59.7 Å². The summed E-state index contributed by atoms with van der Waals surface area (Å²) in [6, 6.07) is 14.7. The number of imide groups is 1. The van der Waals surface area contributed by atoms with Gasteiger partial charge >= 0.3 is 0 Å². The van der Waals surface area contributed by atoms with Crippen LogP contribution in [0.15, 0.2) is 48.5 Å². The molecule has 0 saturated heterocycles. The lowest BCUT2D eigenvalue weighted by atomic mass is 10.1. The van der Waals surface area contributed by atoms with Gasteiger partial charge < -0.3 is 9.47 Å². The first-order valence-corrected chi connectivity index (χ1v) is 9.73. The molecule has 0 bridgehead atoms. The van der Waals surface area contributed by atoms with Crippen LogP contribution in [0.5, 0.6) is 11.5 Å². The predicted molar refractivity (Wildman–Crippen MR) is 105 cm³/mol. The Morgan fingerprint density at radius 3 is 2.32 bits per heavy atom. The van der Waals surface area contributed by atoms with Crippen LogP contribution in [0.2, 0.25) is 0 Å². The lowest BCUT2D eigenvalue weighted by Gasteiger charge is -2.31. The third-order valence-corrected chi connectivity index (χ3v) is 5.21. The normalized spacial score (nSPS) is 17.9. The summed E-state index contributed by atoms with van der Waals surface area (Å²) in [7, 11) is 0. The zero-order valence-corrected chi connectivity index (χ0v) is 16.0. The van der Waals surface area contributed by atoms with Gasteiger partial charge in [-0.15, -0.1) is 0 Å². The lowest BCUT2D eigenvalue weighted by Crippen LogP contribution is -2.42. The molecular formula is C22H24N2O4. The summed E-state index contributed by atoms with van der Waals surface area (Å²) in [4.78, 5) is 28.5. The number of amides is 2. The minimum Gasteiger partial charge on any atom is -0.486 e. The van der Waals surface area contributed by atoms with Crippen LogP contribution >= 0.6 is 0 Å². The van der Waals surface area contributed by atoms with Gasteiger partial charge in [0, 0.05) is 13.1 Å². The zero-order chi connectivity index (χ0) is 19.5. The Kier molecular flexibility index (Phi) is 5.30. The van der Waals surface area contributed by atoms with Crippen LogP contribution < -0.4 is 9.47 Å². The highest BCUT2D eigenvalue weighted by Crippen LogP contribution is 2.31. The van der Waals surface area contributed by atoms with Crippen molar-refractivity contribution in [2.24, 2.45) is 0 Å². The van der Waals surface area contributed by atoms with Gasteiger partial charge in [-0.3, -0.25) is 19.4 Å². The van der Waals surface area contributed by atoms with E-state index in [1.807, 2.05) is 24.3 Å². The topological polar surface area (TPSA) is 59.1 Å². The molecule has 0 fully saturated rings. The molecule has 2 heterocycles. The molecule has 2 aliphatic heterocycles. The first-order chi connectivity index (χ1) is 13.7. The van der Waals surface area contributed by atoms with Gasteiger partial charge in [-0.2, -0.15) is 0 Å². The van der Waals surface area contributed by atoms with Gasteiger partial charge in [-0.05, 0) is 43.8 Å². The first-order valence-electron chi connectivity index (χ1n) is 9.73. The average molecular weight is 380 g/mol. The monoisotopic (exact) mass is 380 g/mol. The molecule has 6 heteroatoms. The van der Waals surface area contributed by atoms with Crippen molar-refractivity contribution in [1.82, 2.24) is 9.80 Å². The molecule has 4 rings (SSSR count). The fraction of sp³-hybridized carbons (Fsp3) is 0.364. The van der Waals surface area contributed by atoms with E-state index >= 15 is 0 Å². The van der Waals surface area contributed by atoms with Crippen LogP contribution in [0.4, 0.5) is 0 Å². The summed E-state index contributed by atoms with van der Waals surface area (Å²) in [6.07, 6.45) is 0.692. The van der Waals surface area contributed by atoms with Crippen molar-refractivity contribution in [1.29, 1.82) is 0 Å². The molecular weight excluding hydrogens is 356 g/mol. The van der Waals surface area contributed by atoms with Crippen molar-refractivity contribution in [3.8, 4) is 11.5 Å². The van der Waals surface area contributed by atoms with Gasteiger partial charge in [-0.25, -0.2) is 0 Å². The highest BCUT2D eigenvalue weighted by Gasteiger charge is 2.34. The quantitative estimate of drug-likeness (QED) is 0.692. The number of rotatable bonds is 7. The van der Waals surface area contributed by atoms with E-state index in [9.17, 15) is 9.59 Å². The highest BCUT2D eigenvalue weighted by atomic mass is 16.6. The molecule has 1 atom stereocenters. The summed E-state index contributed by atoms with van der Waals surface area (Å²) in [6.45, 7) is 5.43. The maximum absolute atomic E-state index is 12.4. The first kappa shape index (κ1) is 18.5. The second kappa shape index (κ2) is 8.02. The van der Waals surface area contributed by atoms with Gasteiger partial charge in [0.1, 0.15) is 12.7 Å². The molecule has 0 saturated carbocycles. The molecule has 28 heavy (non-hydrogen) atoms. The van der Waals surface area contributed by atoms with E-state index in [2.05, 4.69) is 11.8 Å². The van der Waals surface area contributed by atoms with Crippen molar-refractivity contribution >= 4 is 11.8 Å². The molecule has 0 aliphatic carbocycles. The van der Waals surface area contributed by atoms with E-state index in [-0.39, 0.29) is 17.9 Å². The summed E-state index contributed by atoms with van der Waals surface area (Å²) >= 11 is 0. The van der Waals surface area contributed by atoms with E-state index in [4.69, 9.17) is 9.47 Å². The van der Waals surface area contributed by atoms with Crippen LogP contribution in [0.3, 0.4) is 0 Å². The Bertz CT molecular complexity index is 847. The molecule has 2 aromatic rings. The zero-order valence-electron chi connectivity index (χ0n) is 16.0. The molecule has 2 aromatic carbocycles. The van der Waals surface area contributed by atoms with Crippen molar-refractivity contribution in [3.63, 3.8) is 0 Å². The second-order valence-corrected chi connectivity index (χ2v) is 7.05. The van der Waals surface area contributed by atoms with Crippen LogP contribution in [-0.2, 0) is 0 Å². The lowest BCUT2D eigenvalue weighted by molar-refractivity contribution is 0.0562. The number of hydrogen-bond donors (Lipinski definition) is 0. The molecule has 0 spiro atoms. The Morgan fingerprint density at radius 2 is 1.64 bits per heavy atom. The molecule has 0 radical (unpaired) electrons. The van der Waals surface area contributed by atoms with Crippen molar-refractivity contribution in [2.75, 3.05) is 32.8 Å². The standard InChI is InChI=1S/C22H24N2O4/c1-2-23(14-16-15-27-19-10-5-6-11-20(19)28-16)12-7-13-24-21(25)17-8-3-4-9-18(17)22(24)26/h3-6,8-11,16H,2,7,12-15H2,1H3. The molecule has 2 aliphatic rings. The number of benzene rings is 2. The molecule has 6 nitrogen and oxygen atoms in total. The largest absolute Gasteiger partial charge is 0.486 e. The number of fused-ring (bicyclic) bond motifs is 2. The average Bonchev–Trinajstić information content (AvgIpc) is 2.98. The van der Waals surface area contributed by atoms with Crippen LogP contribution in [-0.4, -0.2) is 60.5 Å². The Labute approximate surface area is 164 Å². The Balaban J connectivity index is 1.29. The van der Waals surface area contributed by atoms with Crippen molar-refractivity contribution < 1.29 is 19.1 Å². The van der Waals surface area contributed by atoms with Gasteiger partial charge in [0.15, 0.2) is 11.5 Å². The van der Waals surface area contributed by atoms with Gasteiger partial charge in [0.2, 0.25) is 0 Å². The maximum Gasteiger partial charge on any atom is 0.261 e. The third-order valence-electron chi connectivity index (χ3n) is 5.21. The van der Waals surface area contributed by atoms with Gasteiger partial charge in [-0.1, -0.05) is 31.2 Å². The summed E-state index contributed by atoms with van der Waals surface area (Å²) < 4.78 is 11.8. The van der Waals surface area contributed by atoms with E-state index in [0.29, 0.717) is 24.3 Å².